The van der Waals surface area contributed by atoms with Crippen LogP contribution in [0.4, 0.5) is 4.39 Å². The second kappa shape index (κ2) is 8.20. The van der Waals surface area contributed by atoms with Gasteiger partial charge in [0, 0.05) is 43.5 Å². The molecule has 0 N–H and O–H groups in total. The van der Waals surface area contributed by atoms with E-state index in [1.165, 1.54) is 12.1 Å². The maximum atomic E-state index is 13.4. The quantitative estimate of drug-likeness (QED) is 0.653. The van der Waals surface area contributed by atoms with Gasteiger partial charge >= 0.3 is 0 Å². The summed E-state index contributed by atoms with van der Waals surface area (Å²) in [6.45, 7) is 5.16. The van der Waals surface area contributed by atoms with Gasteiger partial charge in [-0.15, -0.1) is 0 Å². The van der Waals surface area contributed by atoms with Gasteiger partial charge in [-0.05, 0) is 37.1 Å². The molecule has 5 rings (SSSR count). The molecule has 2 saturated heterocycles. The molecule has 1 amide bonds. The molecule has 0 unspecified atom stereocenters. The van der Waals surface area contributed by atoms with Crippen molar-refractivity contribution in [2.75, 3.05) is 39.4 Å². The first kappa shape index (κ1) is 19.3. The molecule has 7 nitrogen and oxygen atoms in total. The topological polar surface area (TPSA) is 72.0 Å². The van der Waals surface area contributed by atoms with Gasteiger partial charge in [0.05, 0.1) is 25.5 Å². The fourth-order valence-corrected chi connectivity index (χ4v) is 4.29. The number of hydrogen-bond donors (Lipinski definition) is 0. The van der Waals surface area contributed by atoms with Crippen LogP contribution >= 0.6 is 0 Å². The predicted octanol–water partition coefficient (Wildman–Crippen LogP) is 3.41. The number of furan rings is 1. The molecule has 2 aliphatic rings. The van der Waals surface area contributed by atoms with Crippen LogP contribution in [0, 0.1) is 5.82 Å². The van der Waals surface area contributed by atoms with Crippen molar-refractivity contribution >= 4 is 16.9 Å². The number of fused-ring (bicyclic) bond motifs is 1. The highest BCUT2D eigenvalue weighted by Crippen LogP contribution is 2.33. The number of ether oxygens (including phenoxy) is 1. The molecular weight excluding hydrogens is 389 g/mol. The van der Waals surface area contributed by atoms with Crippen LogP contribution in [0.1, 0.15) is 40.8 Å². The van der Waals surface area contributed by atoms with Gasteiger partial charge in [-0.3, -0.25) is 9.69 Å². The van der Waals surface area contributed by atoms with E-state index >= 15 is 0 Å². The summed E-state index contributed by atoms with van der Waals surface area (Å²) in [6.07, 6.45) is 1.57. The van der Waals surface area contributed by atoms with E-state index < -0.39 is 0 Å². The highest BCUT2D eigenvalue weighted by molar-refractivity contribution is 5.91. The molecule has 158 valence electrons. The number of carbonyl (C=O) groups excluding carboxylic acids is 1. The van der Waals surface area contributed by atoms with Crippen molar-refractivity contribution in [2.45, 2.75) is 25.3 Å². The van der Waals surface area contributed by atoms with E-state index in [9.17, 15) is 9.18 Å². The third-order valence-corrected chi connectivity index (χ3v) is 5.99. The highest BCUT2D eigenvalue weighted by atomic mass is 19.1. The van der Waals surface area contributed by atoms with Crippen molar-refractivity contribution in [3.8, 4) is 0 Å². The maximum absolute atomic E-state index is 13.4. The Morgan fingerprint density at radius 1 is 1.10 bits per heavy atom. The first-order valence-corrected chi connectivity index (χ1v) is 10.4. The van der Waals surface area contributed by atoms with E-state index in [0.29, 0.717) is 31.0 Å². The lowest BCUT2D eigenvalue weighted by atomic mass is 9.91. The number of nitrogens with zero attached hydrogens (tertiary/aromatic N) is 3. The number of benzene rings is 1. The number of likely N-dealkylation sites (tertiary alicyclic amines) is 1. The molecule has 30 heavy (non-hydrogen) atoms. The van der Waals surface area contributed by atoms with Crippen molar-refractivity contribution in [3.05, 3.63) is 53.4 Å². The fraction of sp³-hybridized carbons (Fsp3) is 0.455. The minimum Gasteiger partial charge on any atom is -0.455 e. The number of amides is 1. The van der Waals surface area contributed by atoms with Crippen LogP contribution in [-0.2, 0) is 11.3 Å². The first-order valence-electron chi connectivity index (χ1n) is 10.4. The summed E-state index contributed by atoms with van der Waals surface area (Å²) in [5, 5.41) is 5.02. The molecule has 4 heterocycles. The predicted molar refractivity (Wildman–Crippen MR) is 107 cm³/mol. The molecule has 1 aromatic carbocycles. The molecule has 0 aliphatic carbocycles. The Labute approximate surface area is 173 Å². The molecule has 0 atom stereocenters. The molecule has 2 aliphatic heterocycles. The van der Waals surface area contributed by atoms with Crippen LogP contribution in [0.2, 0.25) is 0 Å². The van der Waals surface area contributed by atoms with Crippen LogP contribution < -0.4 is 0 Å². The van der Waals surface area contributed by atoms with Gasteiger partial charge in [-0.2, -0.15) is 0 Å². The summed E-state index contributed by atoms with van der Waals surface area (Å²) in [4.78, 5) is 17.0. The van der Waals surface area contributed by atoms with Gasteiger partial charge in [0.2, 0.25) is 0 Å². The van der Waals surface area contributed by atoms with Crippen molar-refractivity contribution < 1.29 is 22.9 Å². The molecule has 2 fully saturated rings. The molecule has 0 saturated carbocycles. The fourth-order valence-electron chi connectivity index (χ4n) is 4.29. The third-order valence-electron chi connectivity index (χ3n) is 5.99. The number of rotatable bonds is 4. The Morgan fingerprint density at radius 3 is 2.70 bits per heavy atom. The van der Waals surface area contributed by atoms with Gasteiger partial charge in [0.25, 0.3) is 5.91 Å². The molecule has 0 bridgehead atoms. The van der Waals surface area contributed by atoms with E-state index in [0.717, 1.165) is 56.0 Å². The van der Waals surface area contributed by atoms with E-state index in [2.05, 4.69) is 10.1 Å². The lowest BCUT2D eigenvalue weighted by molar-refractivity contribution is 0.0309. The molecule has 0 spiro atoms. The van der Waals surface area contributed by atoms with Crippen LogP contribution in [0.25, 0.3) is 11.0 Å². The Balaban J connectivity index is 1.20. The lowest BCUT2D eigenvalue weighted by Crippen LogP contribution is -2.37. The first-order chi connectivity index (χ1) is 14.7. The van der Waals surface area contributed by atoms with Crippen LogP contribution in [0.5, 0.6) is 0 Å². The number of carbonyl (C=O) groups is 1. The monoisotopic (exact) mass is 413 g/mol. The molecule has 3 aromatic rings. The third kappa shape index (κ3) is 3.85. The standard InChI is InChI=1S/C22H24FN3O4/c23-16-1-3-18-20(13-16)30-24-21(18)15-5-7-26(8-6-15)22(27)19-4-2-17(29-19)14-25-9-11-28-12-10-25/h1-4,13,15H,5-12,14H2. The number of hydrogen-bond acceptors (Lipinski definition) is 6. The van der Waals surface area contributed by atoms with Crippen molar-refractivity contribution in [3.63, 3.8) is 0 Å². The summed E-state index contributed by atoms with van der Waals surface area (Å²) in [5.74, 6) is 0.968. The van der Waals surface area contributed by atoms with Gasteiger partial charge in [-0.1, -0.05) is 5.16 Å². The van der Waals surface area contributed by atoms with Crippen molar-refractivity contribution in [1.29, 1.82) is 0 Å². The Kier molecular flexibility index (Phi) is 5.26. The normalized spacial score (nSPS) is 18.9. The highest BCUT2D eigenvalue weighted by Gasteiger charge is 2.29. The van der Waals surface area contributed by atoms with Gasteiger partial charge in [0.15, 0.2) is 11.3 Å². The zero-order valence-electron chi connectivity index (χ0n) is 16.7. The average molecular weight is 413 g/mol. The van der Waals surface area contributed by atoms with Gasteiger partial charge < -0.3 is 18.6 Å². The Morgan fingerprint density at radius 2 is 1.90 bits per heavy atom. The Bertz CT molecular complexity index is 1030. The van der Waals surface area contributed by atoms with Crippen LogP contribution in [0.15, 0.2) is 39.3 Å². The zero-order chi connectivity index (χ0) is 20.5. The summed E-state index contributed by atoms with van der Waals surface area (Å²) < 4.78 is 29.9. The SMILES string of the molecule is O=C(c1ccc(CN2CCOCC2)o1)N1CCC(c2noc3cc(F)ccc23)CC1. The van der Waals surface area contributed by atoms with Crippen molar-refractivity contribution in [1.82, 2.24) is 15.0 Å². The number of aromatic nitrogens is 1. The minimum absolute atomic E-state index is 0.0752. The summed E-state index contributed by atoms with van der Waals surface area (Å²) in [6, 6.07) is 8.15. The smallest absolute Gasteiger partial charge is 0.289 e. The van der Waals surface area contributed by atoms with Crippen molar-refractivity contribution in [2.24, 2.45) is 0 Å². The molecule has 2 aromatic heterocycles. The minimum atomic E-state index is -0.336. The molecular formula is C22H24FN3O4. The second-order valence-corrected chi connectivity index (χ2v) is 7.93. The average Bonchev–Trinajstić information content (AvgIpc) is 3.41. The van der Waals surface area contributed by atoms with Crippen LogP contribution in [-0.4, -0.2) is 60.3 Å². The number of morpholine rings is 1. The second-order valence-electron chi connectivity index (χ2n) is 7.93. The van der Waals surface area contributed by atoms with Gasteiger partial charge in [-0.25, -0.2) is 4.39 Å². The summed E-state index contributed by atoms with van der Waals surface area (Å²) in [7, 11) is 0. The Hall–Kier alpha value is -2.71. The van der Waals surface area contributed by atoms with Crippen LogP contribution in [0.3, 0.4) is 0 Å². The summed E-state index contributed by atoms with van der Waals surface area (Å²) >= 11 is 0. The van der Waals surface area contributed by atoms with E-state index in [1.54, 1.807) is 12.1 Å². The number of piperidine rings is 1. The largest absolute Gasteiger partial charge is 0.455 e. The maximum Gasteiger partial charge on any atom is 0.289 e. The molecule has 8 heteroatoms. The number of halogens is 1. The van der Waals surface area contributed by atoms with Gasteiger partial charge in [0.1, 0.15) is 11.6 Å². The summed E-state index contributed by atoms with van der Waals surface area (Å²) in [5.41, 5.74) is 1.31. The van der Waals surface area contributed by atoms with E-state index in [4.69, 9.17) is 13.7 Å². The van der Waals surface area contributed by atoms with E-state index in [1.807, 2.05) is 11.0 Å². The lowest BCUT2D eigenvalue weighted by Gasteiger charge is -2.30. The van der Waals surface area contributed by atoms with E-state index in [-0.39, 0.29) is 17.6 Å². The molecule has 0 radical (unpaired) electrons. The zero-order valence-corrected chi connectivity index (χ0v) is 16.7.